The molecule has 0 aromatic carbocycles. The van der Waals surface area contributed by atoms with Crippen molar-refractivity contribution in [3.63, 3.8) is 0 Å². The van der Waals surface area contributed by atoms with Crippen molar-refractivity contribution in [3.8, 4) is 0 Å². The van der Waals surface area contributed by atoms with Crippen LogP contribution in [-0.2, 0) is 4.79 Å². The number of fused-ring (bicyclic) bond motifs is 2. The Morgan fingerprint density at radius 1 is 1.67 bits per heavy atom. The molecule has 9 heavy (non-hydrogen) atoms. The summed E-state index contributed by atoms with van der Waals surface area (Å²) in [5, 5.41) is 2.88. The van der Waals surface area contributed by atoms with Gasteiger partial charge in [-0.1, -0.05) is 6.92 Å². The maximum Gasteiger partial charge on any atom is 0.223 e. The van der Waals surface area contributed by atoms with Crippen LogP contribution in [0.3, 0.4) is 0 Å². The van der Waals surface area contributed by atoms with E-state index in [2.05, 4.69) is 12.2 Å². The van der Waals surface area contributed by atoms with Gasteiger partial charge in [0.1, 0.15) is 0 Å². The number of nitrogens with one attached hydrogen (secondary N) is 1. The Hall–Kier alpha value is -0.530. The van der Waals surface area contributed by atoms with Crippen LogP contribution in [0.1, 0.15) is 19.8 Å². The van der Waals surface area contributed by atoms with Crippen LogP contribution >= 0.6 is 0 Å². The van der Waals surface area contributed by atoms with E-state index in [9.17, 15) is 4.79 Å². The third-order valence-corrected chi connectivity index (χ3v) is 2.54. The van der Waals surface area contributed by atoms with Crippen LogP contribution in [0.4, 0.5) is 0 Å². The fourth-order valence-electron chi connectivity index (χ4n) is 1.90. The number of carbonyl (C=O) groups excluding carboxylic acids is 1. The van der Waals surface area contributed by atoms with Gasteiger partial charge in [0.25, 0.3) is 0 Å². The van der Waals surface area contributed by atoms with Gasteiger partial charge in [-0.25, -0.2) is 0 Å². The average Bonchev–Trinajstić information content (AvgIpc) is 1.73. The minimum Gasteiger partial charge on any atom is -0.355 e. The molecule has 3 fully saturated rings. The highest BCUT2D eigenvalue weighted by Crippen LogP contribution is 2.47. The SMILES string of the molecule is CC12CNC(=O)C(C1)C2. The quantitative estimate of drug-likeness (QED) is 0.502. The summed E-state index contributed by atoms with van der Waals surface area (Å²) >= 11 is 0. The Balaban J connectivity index is 2.13. The lowest BCUT2D eigenvalue weighted by Gasteiger charge is -2.49. The molecule has 2 aliphatic heterocycles. The molecule has 1 N–H and O–H groups in total. The van der Waals surface area contributed by atoms with Gasteiger partial charge in [0.05, 0.1) is 0 Å². The standard InChI is InChI=1S/C7H11NO/c1-7-2-5(3-7)6(9)8-4-7/h5H,2-4H2,1H3,(H,8,9). The van der Waals surface area contributed by atoms with E-state index in [0.29, 0.717) is 11.3 Å². The summed E-state index contributed by atoms with van der Waals surface area (Å²) < 4.78 is 0. The van der Waals surface area contributed by atoms with E-state index < -0.39 is 0 Å². The van der Waals surface area contributed by atoms with Gasteiger partial charge in [-0.05, 0) is 18.3 Å². The van der Waals surface area contributed by atoms with Crippen LogP contribution in [0, 0.1) is 11.3 Å². The van der Waals surface area contributed by atoms with Crippen LogP contribution in [-0.4, -0.2) is 12.5 Å². The van der Waals surface area contributed by atoms with Crippen molar-refractivity contribution in [1.82, 2.24) is 5.32 Å². The Bertz CT molecular complexity index is 153. The average molecular weight is 125 g/mol. The molecule has 1 aliphatic carbocycles. The molecule has 1 amide bonds. The number of amides is 1. The second-order valence-electron chi connectivity index (χ2n) is 3.63. The van der Waals surface area contributed by atoms with E-state index in [1.165, 1.54) is 0 Å². The molecule has 50 valence electrons. The maximum atomic E-state index is 10.9. The molecule has 0 spiro atoms. The van der Waals surface area contributed by atoms with Crippen LogP contribution in [0.15, 0.2) is 0 Å². The monoisotopic (exact) mass is 125 g/mol. The molecular formula is C7H11NO. The Kier molecular flexibility index (Phi) is 0.765. The topological polar surface area (TPSA) is 29.1 Å². The molecule has 2 heterocycles. The predicted molar refractivity (Wildman–Crippen MR) is 33.8 cm³/mol. The minimum absolute atomic E-state index is 0.277. The van der Waals surface area contributed by atoms with Crippen LogP contribution in [0.2, 0.25) is 0 Å². The number of piperidine rings is 2. The maximum absolute atomic E-state index is 10.9. The lowest BCUT2D eigenvalue weighted by atomic mass is 9.60. The summed E-state index contributed by atoms with van der Waals surface area (Å²) in [7, 11) is 0. The van der Waals surface area contributed by atoms with E-state index in [-0.39, 0.29) is 5.91 Å². The lowest BCUT2D eigenvalue weighted by molar-refractivity contribution is -0.139. The molecule has 2 saturated heterocycles. The van der Waals surface area contributed by atoms with E-state index in [1.807, 2.05) is 0 Å². The zero-order valence-electron chi connectivity index (χ0n) is 5.61. The van der Waals surface area contributed by atoms with Gasteiger partial charge in [0.2, 0.25) is 5.91 Å². The summed E-state index contributed by atoms with van der Waals surface area (Å²) in [6.45, 7) is 3.14. The Morgan fingerprint density at radius 2 is 2.33 bits per heavy atom. The number of hydrogen-bond donors (Lipinski definition) is 1. The third-order valence-electron chi connectivity index (χ3n) is 2.54. The van der Waals surface area contributed by atoms with Crippen molar-refractivity contribution in [2.45, 2.75) is 19.8 Å². The van der Waals surface area contributed by atoms with Crippen molar-refractivity contribution in [3.05, 3.63) is 0 Å². The smallest absolute Gasteiger partial charge is 0.223 e. The highest BCUT2D eigenvalue weighted by Gasteiger charge is 2.47. The van der Waals surface area contributed by atoms with Gasteiger partial charge in [-0.15, -0.1) is 0 Å². The van der Waals surface area contributed by atoms with Gasteiger partial charge in [-0.3, -0.25) is 4.79 Å². The van der Waals surface area contributed by atoms with Gasteiger partial charge in [0, 0.05) is 12.5 Å². The summed E-state index contributed by atoms with van der Waals surface area (Å²) in [6.07, 6.45) is 2.25. The molecule has 0 unspecified atom stereocenters. The van der Waals surface area contributed by atoms with Crippen LogP contribution < -0.4 is 5.32 Å². The van der Waals surface area contributed by atoms with E-state index in [4.69, 9.17) is 0 Å². The minimum atomic E-state index is 0.277. The molecule has 2 bridgehead atoms. The van der Waals surface area contributed by atoms with Gasteiger partial charge in [-0.2, -0.15) is 0 Å². The second kappa shape index (κ2) is 1.31. The van der Waals surface area contributed by atoms with Crippen molar-refractivity contribution < 1.29 is 4.79 Å². The molecule has 0 aromatic rings. The first-order chi connectivity index (χ1) is 4.20. The first-order valence-corrected chi connectivity index (χ1v) is 3.47. The molecule has 2 nitrogen and oxygen atoms in total. The molecule has 3 rings (SSSR count). The molecule has 2 heteroatoms. The van der Waals surface area contributed by atoms with Gasteiger partial charge < -0.3 is 5.32 Å². The zero-order chi connectivity index (χ0) is 6.48. The first kappa shape index (κ1) is 5.27. The molecule has 3 aliphatic rings. The third kappa shape index (κ3) is 0.590. The van der Waals surface area contributed by atoms with Gasteiger partial charge in [0.15, 0.2) is 0 Å². The first-order valence-electron chi connectivity index (χ1n) is 3.47. The van der Waals surface area contributed by atoms with E-state index >= 15 is 0 Å². The largest absolute Gasteiger partial charge is 0.355 e. The summed E-state index contributed by atoms with van der Waals surface area (Å²) in [6, 6.07) is 0. The Morgan fingerprint density at radius 3 is 2.67 bits per heavy atom. The molecule has 0 aromatic heterocycles. The van der Waals surface area contributed by atoms with Crippen LogP contribution in [0.25, 0.3) is 0 Å². The normalized spacial score (nSPS) is 47.7. The van der Waals surface area contributed by atoms with E-state index in [1.54, 1.807) is 0 Å². The number of carbonyl (C=O) groups is 1. The number of rotatable bonds is 0. The van der Waals surface area contributed by atoms with Crippen molar-refractivity contribution in [2.24, 2.45) is 11.3 Å². The molecule has 1 saturated carbocycles. The number of hydrogen-bond acceptors (Lipinski definition) is 1. The van der Waals surface area contributed by atoms with E-state index in [0.717, 1.165) is 19.4 Å². The summed E-state index contributed by atoms with van der Waals surface area (Å²) in [5.74, 6) is 0.641. The molecule has 0 radical (unpaired) electrons. The fourth-order valence-corrected chi connectivity index (χ4v) is 1.90. The lowest BCUT2D eigenvalue weighted by Crippen LogP contribution is -2.56. The Labute approximate surface area is 54.6 Å². The highest BCUT2D eigenvalue weighted by molar-refractivity contribution is 5.81. The van der Waals surface area contributed by atoms with Crippen molar-refractivity contribution >= 4 is 5.91 Å². The van der Waals surface area contributed by atoms with Gasteiger partial charge >= 0.3 is 0 Å². The highest BCUT2D eigenvalue weighted by atomic mass is 16.2. The van der Waals surface area contributed by atoms with Crippen molar-refractivity contribution in [2.75, 3.05) is 6.54 Å². The van der Waals surface area contributed by atoms with Crippen LogP contribution in [0.5, 0.6) is 0 Å². The fraction of sp³-hybridized carbons (Fsp3) is 0.857. The molecular weight excluding hydrogens is 114 g/mol. The van der Waals surface area contributed by atoms with Crippen molar-refractivity contribution in [1.29, 1.82) is 0 Å². The molecule has 0 atom stereocenters. The summed E-state index contributed by atoms with van der Waals surface area (Å²) in [5.41, 5.74) is 0.471. The second-order valence-corrected chi connectivity index (χ2v) is 3.63. The predicted octanol–water partition coefficient (Wildman–Crippen LogP) is 0.532. The zero-order valence-corrected chi connectivity index (χ0v) is 5.61. The summed E-state index contributed by atoms with van der Waals surface area (Å²) in [4.78, 5) is 10.9.